The number of nitrogens with two attached hydrogens (primary N) is 1. The molecule has 3 rings (SSSR count). The molecule has 1 fully saturated rings. The third-order valence-corrected chi connectivity index (χ3v) is 5.77. The fourth-order valence-electron chi connectivity index (χ4n) is 3.79. The van der Waals surface area contributed by atoms with Crippen molar-refractivity contribution in [1.29, 1.82) is 0 Å². The zero-order valence-electron chi connectivity index (χ0n) is 15.5. The van der Waals surface area contributed by atoms with Crippen LogP contribution in [0.4, 0.5) is 0 Å². The van der Waals surface area contributed by atoms with Crippen molar-refractivity contribution in [2.24, 2.45) is 5.73 Å². The Morgan fingerprint density at radius 1 is 1.00 bits per heavy atom. The summed E-state index contributed by atoms with van der Waals surface area (Å²) in [5.41, 5.74) is 7.86. The summed E-state index contributed by atoms with van der Waals surface area (Å²) in [6, 6.07) is 16.5. The first-order valence-electron chi connectivity index (χ1n) is 9.54. The number of rotatable bonds is 8. The van der Waals surface area contributed by atoms with Crippen LogP contribution in [-0.2, 0) is 17.8 Å². The Morgan fingerprint density at radius 3 is 2.26 bits per heavy atom. The van der Waals surface area contributed by atoms with E-state index in [-0.39, 0.29) is 12.1 Å². The maximum absolute atomic E-state index is 10.8. The molecule has 1 aliphatic rings. The number of hydrogen-bond donors (Lipinski definition) is 2. The number of carbonyl (C=O) groups is 1. The maximum atomic E-state index is 10.8. The van der Waals surface area contributed by atoms with Gasteiger partial charge in [0.2, 0.25) is 0 Å². The van der Waals surface area contributed by atoms with Gasteiger partial charge in [0.25, 0.3) is 5.91 Å². The summed E-state index contributed by atoms with van der Waals surface area (Å²) in [6.07, 6.45) is 7.37. The molecule has 2 aromatic rings. The van der Waals surface area contributed by atoms with Gasteiger partial charge in [0.1, 0.15) is 5.75 Å². The number of hydrogen-bond acceptors (Lipinski definition) is 3. The van der Waals surface area contributed by atoms with Crippen molar-refractivity contribution in [3.8, 4) is 5.75 Å². The van der Waals surface area contributed by atoms with E-state index in [1.54, 1.807) is 0 Å². The van der Waals surface area contributed by atoms with Gasteiger partial charge in [-0.25, -0.2) is 0 Å². The molecule has 4 nitrogen and oxygen atoms in total. The standard InChI is InChI=1S/C22H27BrN2O2/c23-19-8-4-17(5-9-19)14-22(12-2-1-3-13-22)25-15-18-6-10-20(11-7-18)27-16-21(24)26/h4-11,25H,1-3,12-16H2,(H2,24,26). The van der Waals surface area contributed by atoms with Crippen molar-refractivity contribution in [2.75, 3.05) is 6.61 Å². The average Bonchev–Trinajstić information content (AvgIpc) is 2.68. The van der Waals surface area contributed by atoms with Crippen LogP contribution < -0.4 is 15.8 Å². The quantitative estimate of drug-likeness (QED) is 0.653. The Kier molecular flexibility index (Phi) is 6.91. The average molecular weight is 431 g/mol. The Balaban J connectivity index is 1.62. The minimum Gasteiger partial charge on any atom is -0.484 e. The third-order valence-electron chi connectivity index (χ3n) is 5.24. The SMILES string of the molecule is NC(=O)COc1ccc(CNC2(Cc3ccc(Br)cc3)CCCCC2)cc1. The summed E-state index contributed by atoms with van der Waals surface area (Å²) < 4.78 is 6.45. The Bertz CT molecular complexity index is 738. The predicted molar refractivity (Wildman–Crippen MR) is 112 cm³/mol. The van der Waals surface area contributed by atoms with E-state index in [0.29, 0.717) is 5.75 Å². The van der Waals surface area contributed by atoms with E-state index in [2.05, 4.69) is 45.5 Å². The van der Waals surface area contributed by atoms with E-state index in [1.807, 2.05) is 24.3 Å². The molecular formula is C22H27BrN2O2. The molecule has 1 saturated carbocycles. The molecule has 5 heteroatoms. The lowest BCUT2D eigenvalue weighted by Gasteiger charge is -2.39. The first-order chi connectivity index (χ1) is 13.0. The van der Waals surface area contributed by atoms with Gasteiger partial charge in [0, 0.05) is 16.6 Å². The van der Waals surface area contributed by atoms with E-state index in [9.17, 15) is 4.79 Å². The Morgan fingerprint density at radius 2 is 1.63 bits per heavy atom. The van der Waals surface area contributed by atoms with Crippen LogP contribution >= 0.6 is 15.9 Å². The topological polar surface area (TPSA) is 64.4 Å². The van der Waals surface area contributed by atoms with Crippen molar-refractivity contribution < 1.29 is 9.53 Å². The van der Waals surface area contributed by atoms with Gasteiger partial charge in [-0.2, -0.15) is 0 Å². The van der Waals surface area contributed by atoms with Gasteiger partial charge in [0.05, 0.1) is 0 Å². The second-order valence-corrected chi connectivity index (χ2v) is 8.31. The van der Waals surface area contributed by atoms with Crippen LogP contribution in [0.5, 0.6) is 5.75 Å². The fraction of sp³-hybridized carbons (Fsp3) is 0.409. The van der Waals surface area contributed by atoms with Crippen LogP contribution in [-0.4, -0.2) is 18.1 Å². The third kappa shape index (κ3) is 6.08. The van der Waals surface area contributed by atoms with Gasteiger partial charge in [-0.05, 0) is 54.7 Å². The zero-order chi connectivity index (χ0) is 19.1. The van der Waals surface area contributed by atoms with Gasteiger partial charge in [-0.15, -0.1) is 0 Å². The molecule has 0 unspecified atom stereocenters. The van der Waals surface area contributed by atoms with Crippen LogP contribution in [0.1, 0.15) is 43.2 Å². The first-order valence-corrected chi connectivity index (χ1v) is 10.3. The molecule has 0 aromatic heterocycles. The molecule has 0 saturated heterocycles. The fourth-order valence-corrected chi connectivity index (χ4v) is 4.05. The molecule has 0 aliphatic heterocycles. The summed E-state index contributed by atoms with van der Waals surface area (Å²) in [5, 5.41) is 3.86. The van der Waals surface area contributed by atoms with Crippen LogP contribution in [0.25, 0.3) is 0 Å². The van der Waals surface area contributed by atoms with Crippen molar-refractivity contribution >= 4 is 21.8 Å². The van der Waals surface area contributed by atoms with Crippen LogP contribution in [0.2, 0.25) is 0 Å². The summed E-state index contributed by atoms with van der Waals surface area (Å²) in [5.74, 6) is 0.202. The maximum Gasteiger partial charge on any atom is 0.255 e. The van der Waals surface area contributed by atoms with Gasteiger partial charge < -0.3 is 15.8 Å². The molecular weight excluding hydrogens is 404 g/mol. The van der Waals surface area contributed by atoms with Crippen molar-refractivity contribution in [2.45, 2.75) is 50.6 Å². The van der Waals surface area contributed by atoms with Gasteiger partial charge >= 0.3 is 0 Å². The van der Waals surface area contributed by atoms with Gasteiger partial charge in [0.15, 0.2) is 6.61 Å². The first kappa shape index (κ1) is 19.9. The highest BCUT2D eigenvalue weighted by Crippen LogP contribution is 2.32. The lowest BCUT2D eigenvalue weighted by molar-refractivity contribution is -0.119. The number of amides is 1. The van der Waals surface area contributed by atoms with E-state index < -0.39 is 5.91 Å². The summed E-state index contributed by atoms with van der Waals surface area (Å²) in [7, 11) is 0. The second-order valence-electron chi connectivity index (χ2n) is 7.40. The smallest absolute Gasteiger partial charge is 0.255 e. The molecule has 3 N–H and O–H groups in total. The van der Waals surface area contributed by atoms with Crippen LogP contribution in [0.3, 0.4) is 0 Å². The van der Waals surface area contributed by atoms with E-state index in [4.69, 9.17) is 10.5 Å². The van der Waals surface area contributed by atoms with Crippen molar-refractivity contribution in [3.05, 3.63) is 64.1 Å². The minimum absolute atomic E-state index is 0.0894. The number of carbonyl (C=O) groups excluding carboxylic acids is 1. The molecule has 27 heavy (non-hydrogen) atoms. The van der Waals surface area contributed by atoms with Crippen molar-refractivity contribution in [3.63, 3.8) is 0 Å². The highest BCUT2D eigenvalue weighted by Gasteiger charge is 2.31. The molecule has 0 atom stereocenters. The highest BCUT2D eigenvalue weighted by molar-refractivity contribution is 9.10. The Hall–Kier alpha value is -1.85. The Labute approximate surface area is 169 Å². The molecule has 1 amide bonds. The molecule has 0 radical (unpaired) electrons. The zero-order valence-corrected chi connectivity index (χ0v) is 17.1. The lowest BCUT2D eigenvalue weighted by Crippen LogP contribution is -2.48. The molecule has 0 bridgehead atoms. The predicted octanol–water partition coefficient (Wildman–Crippen LogP) is 4.35. The minimum atomic E-state index is -0.465. The monoisotopic (exact) mass is 430 g/mol. The molecule has 0 spiro atoms. The summed E-state index contributed by atoms with van der Waals surface area (Å²) in [6.45, 7) is 0.737. The number of primary amides is 1. The number of nitrogens with one attached hydrogen (secondary N) is 1. The van der Waals surface area contributed by atoms with Crippen LogP contribution in [0, 0.1) is 0 Å². The normalized spacial score (nSPS) is 16.0. The lowest BCUT2D eigenvalue weighted by atomic mass is 9.77. The van der Waals surface area contributed by atoms with E-state index in [0.717, 1.165) is 17.4 Å². The largest absolute Gasteiger partial charge is 0.484 e. The number of halogens is 1. The van der Waals surface area contributed by atoms with E-state index >= 15 is 0 Å². The summed E-state index contributed by atoms with van der Waals surface area (Å²) >= 11 is 3.52. The number of ether oxygens (including phenoxy) is 1. The molecule has 0 heterocycles. The molecule has 2 aromatic carbocycles. The number of benzene rings is 2. The van der Waals surface area contributed by atoms with Crippen molar-refractivity contribution in [1.82, 2.24) is 5.32 Å². The second kappa shape index (κ2) is 9.38. The summed E-state index contributed by atoms with van der Waals surface area (Å²) in [4.78, 5) is 10.8. The molecule has 144 valence electrons. The van der Waals surface area contributed by atoms with Gasteiger partial charge in [-0.1, -0.05) is 59.5 Å². The van der Waals surface area contributed by atoms with Gasteiger partial charge in [-0.3, -0.25) is 4.79 Å². The highest BCUT2D eigenvalue weighted by atomic mass is 79.9. The molecule has 1 aliphatic carbocycles. The van der Waals surface area contributed by atoms with Crippen LogP contribution in [0.15, 0.2) is 53.0 Å². The van der Waals surface area contributed by atoms with E-state index in [1.165, 1.54) is 43.2 Å².